The van der Waals surface area contributed by atoms with Gasteiger partial charge in [-0.25, -0.2) is 4.79 Å². The maximum Gasteiger partial charge on any atom is 0.341 e. The molecule has 0 spiro atoms. The normalized spacial score (nSPS) is 10.4. The van der Waals surface area contributed by atoms with Crippen LogP contribution in [-0.4, -0.2) is 20.2 Å². The van der Waals surface area contributed by atoms with Crippen LogP contribution in [0.15, 0.2) is 29.6 Å². The summed E-state index contributed by atoms with van der Waals surface area (Å²) in [7, 11) is 2.88. The maximum absolute atomic E-state index is 11.6. The van der Waals surface area contributed by atoms with Crippen LogP contribution in [0.4, 0.5) is 0 Å². The molecule has 0 aliphatic carbocycles. The fourth-order valence-corrected chi connectivity index (χ4v) is 2.97. The van der Waals surface area contributed by atoms with Crippen LogP contribution in [0.2, 0.25) is 5.02 Å². The summed E-state index contributed by atoms with van der Waals surface area (Å²) < 4.78 is 9.95. The van der Waals surface area contributed by atoms with Gasteiger partial charge in [0.2, 0.25) is 0 Å². The number of esters is 1. The lowest BCUT2D eigenvalue weighted by atomic mass is 10.1. The fourth-order valence-electron chi connectivity index (χ4n) is 1.90. The number of benzene rings is 1. The molecule has 0 saturated heterocycles. The first kappa shape index (κ1) is 15.8. The van der Waals surface area contributed by atoms with Crippen molar-refractivity contribution in [3.8, 4) is 5.75 Å². The number of hydrogen-bond acceptors (Lipinski definition) is 5. The van der Waals surface area contributed by atoms with Crippen LogP contribution in [0.1, 0.15) is 20.8 Å². The standard InChI is InChI=1S/C15H16ClNO3S/c1-19-13-7-10(3-4-11(13)15(18)20-2)8-17-9-14-12(16)5-6-21-14/h3-7,17H,8-9H2,1-2H3. The number of hydrogen-bond donors (Lipinski definition) is 1. The molecule has 0 aliphatic rings. The van der Waals surface area contributed by atoms with E-state index in [1.165, 1.54) is 14.2 Å². The van der Waals surface area contributed by atoms with Crippen LogP contribution in [0.3, 0.4) is 0 Å². The molecule has 0 radical (unpaired) electrons. The zero-order valence-electron chi connectivity index (χ0n) is 11.8. The Bertz CT molecular complexity index is 627. The Balaban J connectivity index is 2.01. The number of carbonyl (C=O) groups excluding carboxylic acids is 1. The molecule has 112 valence electrons. The Labute approximate surface area is 132 Å². The predicted molar refractivity (Wildman–Crippen MR) is 84.2 cm³/mol. The topological polar surface area (TPSA) is 47.6 Å². The molecule has 0 unspecified atom stereocenters. The van der Waals surface area contributed by atoms with Gasteiger partial charge >= 0.3 is 5.97 Å². The van der Waals surface area contributed by atoms with Gasteiger partial charge in [-0.15, -0.1) is 11.3 Å². The molecule has 0 atom stereocenters. The fraction of sp³-hybridized carbons (Fsp3) is 0.267. The average molecular weight is 326 g/mol. The molecule has 2 rings (SSSR count). The van der Waals surface area contributed by atoms with Crippen molar-refractivity contribution in [2.45, 2.75) is 13.1 Å². The zero-order chi connectivity index (χ0) is 15.2. The second-order valence-electron chi connectivity index (χ2n) is 4.32. The van der Waals surface area contributed by atoms with Gasteiger partial charge in [-0.05, 0) is 29.1 Å². The third-order valence-corrected chi connectivity index (χ3v) is 4.36. The lowest BCUT2D eigenvalue weighted by molar-refractivity contribution is 0.0597. The lowest BCUT2D eigenvalue weighted by Crippen LogP contribution is -2.12. The third kappa shape index (κ3) is 3.97. The molecular formula is C15H16ClNO3S. The van der Waals surface area contributed by atoms with E-state index in [1.807, 2.05) is 23.6 Å². The van der Waals surface area contributed by atoms with Crippen molar-refractivity contribution in [1.29, 1.82) is 0 Å². The molecule has 0 bridgehead atoms. The summed E-state index contributed by atoms with van der Waals surface area (Å²) in [6.45, 7) is 1.36. The summed E-state index contributed by atoms with van der Waals surface area (Å²) in [5.74, 6) is 0.104. The van der Waals surface area contributed by atoms with Crippen LogP contribution >= 0.6 is 22.9 Å². The van der Waals surface area contributed by atoms with Crippen molar-refractivity contribution in [3.63, 3.8) is 0 Å². The van der Waals surface area contributed by atoms with Gasteiger partial charge < -0.3 is 14.8 Å². The third-order valence-electron chi connectivity index (χ3n) is 2.98. The first-order valence-corrected chi connectivity index (χ1v) is 7.59. The van der Waals surface area contributed by atoms with E-state index >= 15 is 0 Å². The summed E-state index contributed by atoms with van der Waals surface area (Å²) in [6.07, 6.45) is 0. The molecule has 0 aliphatic heterocycles. The highest BCUT2D eigenvalue weighted by molar-refractivity contribution is 7.10. The summed E-state index contributed by atoms with van der Waals surface area (Å²) in [4.78, 5) is 12.7. The van der Waals surface area contributed by atoms with Crippen LogP contribution < -0.4 is 10.1 Å². The van der Waals surface area contributed by atoms with Gasteiger partial charge in [0.15, 0.2) is 0 Å². The Kier molecular flexibility index (Phi) is 5.61. The molecule has 1 aromatic carbocycles. The molecule has 0 saturated carbocycles. The van der Waals surface area contributed by atoms with Crippen LogP contribution in [-0.2, 0) is 17.8 Å². The summed E-state index contributed by atoms with van der Waals surface area (Å²) in [6, 6.07) is 7.30. The summed E-state index contributed by atoms with van der Waals surface area (Å²) in [5.41, 5.74) is 1.44. The molecule has 1 aromatic heterocycles. The van der Waals surface area contributed by atoms with Crippen LogP contribution in [0.25, 0.3) is 0 Å². The molecular weight excluding hydrogens is 310 g/mol. The minimum absolute atomic E-state index is 0.406. The van der Waals surface area contributed by atoms with E-state index in [0.717, 1.165) is 15.5 Å². The van der Waals surface area contributed by atoms with E-state index in [4.69, 9.17) is 21.1 Å². The highest BCUT2D eigenvalue weighted by atomic mass is 35.5. The van der Waals surface area contributed by atoms with Crippen LogP contribution in [0.5, 0.6) is 5.75 Å². The summed E-state index contributed by atoms with van der Waals surface area (Å²) >= 11 is 7.66. The Morgan fingerprint density at radius 1 is 1.29 bits per heavy atom. The van der Waals surface area contributed by atoms with Crippen molar-refractivity contribution in [2.24, 2.45) is 0 Å². The highest BCUT2D eigenvalue weighted by Gasteiger charge is 2.13. The van der Waals surface area contributed by atoms with E-state index < -0.39 is 5.97 Å². The van der Waals surface area contributed by atoms with E-state index in [2.05, 4.69) is 5.32 Å². The molecule has 2 aromatic rings. The molecule has 4 nitrogen and oxygen atoms in total. The smallest absolute Gasteiger partial charge is 0.341 e. The van der Waals surface area contributed by atoms with E-state index in [0.29, 0.717) is 24.4 Å². The van der Waals surface area contributed by atoms with Crippen molar-refractivity contribution in [1.82, 2.24) is 5.32 Å². The average Bonchev–Trinajstić information content (AvgIpc) is 2.91. The minimum atomic E-state index is -0.406. The van der Waals surface area contributed by atoms with Crippen molar-refractivity contribution < 1.29 is 14.3 Å². The molecule has 1 N–H and O–H groups in total. The number of nitrogens with one attached hydrogen (secondary N) is 1. The molecule has 0 fully saturated rings. The SMILES string of the molecule is COC(=O)c1ccc(CNCc2sccc2Cl)cc1OC. The predicted octanol–water partition coefficient (Wildman–Crippen LogP) is 3.49. The van der Waals surface area contributed by atoms with Crippen molar-refractivity contribution >= 4 is 28.9 Å². The summed E-state index contributed by atoms with van der Waals surface area (Å²) in [5, 5.41) is 6.06. The number of thiophene rings is 1. The zero-order valence-corrected chi connectivity index (χ0v) is 13.4. The monoisotopic (exact) mass is 325 g/mol. The van der Waals surface area contributed by atoms with E-state index in [9.17, 15) is 4.79 Å². The molecule has 1 heterocycles. The number of methoxy groups -OCH3 is 2. The van der Waals surface area contributed by atoms with Gasteiger partial charge in [0.25, 0.3) is 0 Å². The van der Waals surface area contributed by atoms with Gasteiger partial charge in [-0.3, -0.25) is 0 Å². The van der Waals surface area contributed by atoms with Crippen molar-refractivity contribution in [3.05, 3.63) is 50.7 Å². The second-order valence-corrected chi connectivity index (χ2v) is 5.73. The van der Waals surface area contributed by atoms with Gasteiger partial charge in [-0.2, -0.15) is 0 Å². The molecule has 6 heteroatoms. The Morgan fingerprint density at radius 3 is 2.71 bits per heavy atom. The van der Waals surface area contributed by atoms with Crippen molar-refractivity contribution in [2.75, 3.05) is 14.2 Å². The number of halogens is 1. The number of ether oxygens (including phenoxy) is 2. The number of carbonyl (C=O) groups is 1. The Hall–Kier alpha value is -1.56. The first-order valence-electron chi connectivity index (χ1n) is 6.33. The molecule has 21 heavy (non-hydrogen) atoms. The molecule has 0 amide bonds. The van der Waals surface area contributed by atoms with E-state index in [-0.39, 0.29) is 0 Å². The minimum Gasteiger partial charge on any atom is -0.496 e. The lowest BCUT2D eigenvalue weighted by Gasteiger charge is -2.10. The highest BCUT2D eigenvalue weighted by Crippen LogP contribution is 2.23. The van der Waals surface area contributed by atoms with E-state index in [1.54, 1.807) is 17.4 Å². The maximum atomic E-state index is 11.6. The number of rotatable bonds is 6. The quantitative estimate of drug-likeness (QED) is 0.826. The van der Waals surface area contributed by atoms with Crippen LogP contribution in [0, 0.1) is 0 Å². The van der Waals surface area contributed by atoms with Gasteiger partial charge in [0, 0.05) is 18.0 Å². The van der Waals surface area contributed by atoms with Gasteiger partial charge in [-0.1, -0.05) is 17.7 Å². The van der Waals surface area contributed by atoms with Gasteiger partial charge in [0.05, 0.1) is 19.2 Å². The first-order chi connectivity index (χ1) is 10.2. The van der Waals surface area contributed by atoms with Gasteiger partial charge in [0.1, 0.15) is 11.3 Å². The Morgan fingerprint density at radius 2 is 2.10 bits per heavy atom. The largest absolute Gasteiger partial charge is 0.496 e. The second kappa shape index (κ2) is 7.45.